The number of rotatable bonds is 6. The number of likely N-dealkylation sites (tertiary alicyclic amines) is 1. The number of hydrogen-bond acceptors (Lipinski definition) is 4. The molecule has 2 aromatic carbocycles. The van der Waals surface area contributed by atoms with Gasteiger partial charge in [0.2, 0.25) is 5.91 Å². The summed E-state index contributed by atoms with van der Waals surface area (Å²) in [5, 5.41) is 6.14. The lowest BCUT2D eigenvalue weighted by Gasteiger charge is -2.27. The van der Waals surface area contributed by atoms with Crippen LogP contribution < -0.4 is 21.1 Å². The van der Waals surface area contributed by atoms with Gasteiger partial charge < -0.3 is 26.0 Å². The van der Waals surface area contributed by atoms with Crippen molar-refractivity contribution in [2.45, 2.75) is 38.4 Å². The summed E-state index contributed by atoms with van der Waals surface area (Å²) in [6.45, 7) is 2.27. The number of nitrogens with zero attached hydrogens (tertiary/aromatic N) is 2. The monoisotopic (exact) mass is 513 g/mol. The van der Waals surface area contributed by atoms with Crippen molar-refractivity contribution in [1.29, 1.82) is 0 Å². The number of primary amides is 1. The van der Waals surface area contributed by atoms with Crippen molar-refractivity contribution in [1.82, 2.24) is 14.8 Å². The summed E-state index contributed by atoms with van der Waals surface area (Å²) in [5.74, 6) is -0.127. The lowest BCUT2D eigenvalue weighted by Crippen LogP contribution is -2.49. The SMILES string of the molecule is CCOc1ccc2c(c1)c(NC(=O)N1[C@@H]3C[C@@H]3C[C@H]1C(=O)NCc1cccc(Cl)c1F)cn2C(N)=O. The maximum absolute atomic E-state index is 14.2. The second-order valence-corrected chi connectivity index (χ2v) is 9.35. The molecular weight excluding hydrogens is 489 g/mol. The van der Waals surface area contributed by atoms with Crippen LogP contribution in [-0.2, 0) is 11.3 Å². The summed E-state index contributed by atoms with van der Waals surface area (Å²) in [4.78, 5) is 39.9. The average molecular weight is 514 g/mol. The number of aromatic nitrogens is 1. The number of fused-ring (bicyclic) bond motifs is 2. The maximum atomic E-state index is 14.2. The van der Waals surface area contributed by atoms with Gasteiger partial charge in [-0.3, -0.25) is 9.36 Å². The summed E-state index contributed by atoms with van der Waals surface area (Å²) in [7, 11) is 0. The Labute approximate surface area is 211 Å². The van der Waals surface area contributed by atoms with Gasteiger partial charge in [-0.1, -0.05) is 23.7 Å². The third kappa shape index (κ3) is 4.32. The molecule has 5 rings (SSSR count). The summed E-state index contributed by atoms with van der Waals surface area (Å²) in [6, 6.07) is 7.82. The van der Waals surface area contributed by atoms with E-state index in [-0.39, 0.29) is 35.0 Å². The van der Waals surface area contributed by atoms with Crippen molar-refractivity contribution in [2.75, 3.05) is 11.9 Å². The van der Waals surface area contributed by atoms with Gasteiger partial charge in [0.15, 0.2) is 0 Å². The fourth-order valence-electron chi connectivity index (χ4n) is 4.90. The van der Waals surface area contributed by atoms with Crippen LogP contribution in [0.2, 0.25) is 5.02 Å². The Balaban J connectivity index is 1.35. The molecule has 1 aliphatic carbocycles. The second kappa shape index (κ2) is 9.34. The Morgan fingerprint density at radius 2 is 2.03 bits per heavy atom. The Hall–Kier alpha value is -3.79. The van der Waals surface area contributed by atoms with Gasteiger partial charge in [-0.2, -0.15) is 0 Å². The topological polar surface area (TPSA) is 119 Å². The van der Waals surface area contributed by atoms with Crippen molar-refractivity contribution in [3.8, 4) is 5.75 Å². The molecular formula is C25H25ClFN5O4. The van der Waals surface area contributed by atoms with Crippen molar-refractivity contribution in [2.24, 2.45) is 11.7 Å². The maximum Gasteiger partial charge on any atom is 0.323 e. The molecule has 0 bridgehead atoms. The molecule has 2 fully saturated rings. The van der Waals surface area contributed by atoms with Crippen molar-refractivity contribution in [3.63, 3.8) is 0 Å². The molecule has 1 aromatic heterocycles. The first-order chi connectivity index (χ1) is 17.3. The molecule has 36 heavy (non-hydrogen) atoms. The minimum absolute atomic E-state index is 0.0208. The van der Waals surface area contributed by atoms with E-state index in [2.05, 4.69) is 10.6 Å². The van der Waals surface area contributed by atoms with Gasteiger partial charge in [-0.25, -0.2) is 14.0 Å². The third-order valence-electron chi connectivity index (χ3n) is 6.69. The molecule has 2 aliphatic rings. The molecule has 3 atom stereocenters. The molecule has 3 aromatic rings. The summed E-state index contributed by atoms with van der Waals surface area (Å²) < 4.78 is 21.0. The molecule has 2 heterocycles. The van der Waals surface area contributed by atoms with E-state index in [1.165, 1.54) is 21.7 Å². The number of ether oxygens (including phenoxy) is 1. The van der Waals surface area contributed by atoms with Crippen molar-refractivity contribution >= 4 is 46.2 Å². The number of carbonyl (C=O) groups is 3. The van der Waals surface area contributed by atoms with Gasteiger partial charge in [0.25, 0.3) is 0 Å². The largest absolute Gasteiger partial charge is 0.494 e. The number of urea groups is 1. The molecule has 11 heteroatoms. The number of benzene rings is 2. The van der Waals surface area contributed by atoms with E-state index in [1.54, 1.807) is 30.3 Å². The van der Waals surface area contributed by atoms with E-state index in [9.17, 15) is 18.8 Å². The standard InChI is InChI=1S/C25H25ClFN5O4/c1-2-36-15-6-7-19-16(10-15)18(12-31(19)24(28)34)30-25(35)32-20-8-14(20)9-21(32)23(33)29-11-13-4-3-5-17(26)22(13)27/h3-7,10,12,14,20-21H,2,8-9,11H2,1H3,(H2,28,34)(H,29,33)(H,30,35)/t14-,20-,21+/m1/s1. The highest BCUT2D eigenvalue weighted by molar-refractivity contribution is 6.30. The number of anilines is 1. The van der Waals surface area contributed by atoms with Crippen LogP contribution >= 0.6 is 11.6 Å². The quantitative estimate of drug-likeness (QED) is 0.460. The summed E-state index contributed by atoms with van der Waals surface area (Å²) in [5.41, 5.74) is 6.67. The number of nitrogens with two attached hydrogens (primary N) is 1. The van der Waals surface area contributed by atoms with E-state index < -0.39 is 23.9 Å². The molecule has 9 nitrogen and oxygen atoms in total. The number of nitrogens with one attached hydrogen (secondary N) is 2. The van der Waals surface area contributed by atoms with Gasteiger partial charge in [0, 0.05) is 29.7 Å². The minimum Gasteiger partial charge on any atom is -0.494 e. The zero-order valence-corrected chi connectivity index (χ0v) is 20.2. The molecule has 0 unspecified atom stereocenters. The van der Waals surface area contributed by atoms with E-state index in [0.29, 0.717) is 35.4 Å². The van der Waals surface area contributed by atoms with Crippen LogP contribution in [0.4, 0.5) is 19.7 Å². The van der Waals surface area contributed by atoms with E-state index in [4.69, 9.17) is 22.1 Å². The van der Waals surface area contributed by atoms with E-state index in [1.807, 2.05) is 6.92 Å². The normalized spacial score (nSPS) is 20.2. The Kier molecular flexibility index (Phi) is 6.21. The Morgan fingerprint density at radius 1 is 1.22 bits per heavy atom. The summed E-state index contributed by atoms with van der Waals surface area (Å²) >= 11 is 5.83. The average Bonchev–Trinajstić information content (AvgIpc) is 3.36. The highest BCUT2D eigenvalue weighted by Gasteiger charge is 2.56. The fraction of sp³-hybridized carbons (Fsp3) is 0.320. The summed E-state index contributed by atoms with van der Waals surface area (Å²) in [6.07, 6.45) is 2.80. The first-order valence-corrected chi connectivity index (χ1v) is 12.0. The number of carbonyl (C=O) groups excluding carboxylic acids is 3. The number of amides is 4. The number of hydrogen-bond donors (Lipinski definition) is 3. The molecule has 1 aliphatic heterocycles. The fourth-order valence-corrected chi connectivity index (χ4v) is 5.09. The smallest absolute Gasteiger partial charge is 0.323 e. The highest BCUT2D eigenvalue weighted by Crippen LogP contribution is 2.48. The Morgan fingerprint density at radius 3 is 2.78 bits per heavy atom. The van der Waals surface area contributed by atoms with Crippen LogP contribution in [0.15, 0.2) is 42.6 Å². The van der Waals surface area contributed by atoms with Crippen molar-refractivity contribution in [3.05, 3.63) is 59.0 Å². The van der Waals surface area contributed by atoms with Gasteiger partial charge in [0.05, 0.1) is 22.8 Å². The zero-order chi connectivity index (χ0) is 25.6. The second-order valence-electron chi connectivity index (χ2n) is 8.95. The molecule has 0 radical (unpaired) electrons. The molecule has 4 N–H and O–H groups in total. The van der Waals surface area contributed by atoms with Crippen molar-refractivity contribution < 1.29 is 23.5 Å². The van der Waals surface area contributed by atoms with Gasteiger partial charge in [0.1, 0.15) is 17.6 Å². The van der Waals surface area contributed by atoms with E-state index >= 15 is 0 Å². The van der Waals surface area contributed by atoms with Gasteiger partial charge in [-0.15, -0.1) is 0 Å². The minimum atomic E-state index is -0.696. The van der Waals surface area contributed by atoms with Crippen LogP contribution in [-0.4, -0.2) is 46.1 Å². The predicted molar refractivity (Wildman–Crippen MR) is 133 cm³/mol. The van der Waals surface area contributed by atoms with Gasteiger partial charge >= 0.3 is 12.1 Å². The van der Waals surface area contributed by atoms with Crippen LogP contribution in [0.1, 0.15) is 25.3 Å². The predicted octanol–water partition coefficient (Wildman–Crippen LogP) is 4.07. The van der Waals surface area contributed by atoms with E-state index in [0.717, 1.165) is 6.42 Å². The van der Waals surface area contributed by atoms with Gasteiger partial charge in [-0.05, 0) is 49.9 Å². The number of halogens is 2. The van der Waals surface area contributed by atoms with Crippen LogP contribution in [0.25, 0.3) is 10.9 Å². The Bertz CT molecular complexity index is 1380. The van der Waals surface area contributed by atoms with Crippen LogP contribution in [0.5, 0.6) is 5.75 Å². The molecule has 0 spiro atoms. The van der Waals surface area contributed by atoms with Crippen LogP contribution in [0.3, 0.4) is 0 Å². The molecule has 4 amide bonds. The molecule has 1 saturated carbocycles. The molecule has 188 valence electrons. The first-order valence-electron chi connectivity index (χ1n) is 11.7. The molecule has 1 saturated heterocycles. The first kappa shape index (κ1) is 23.9. The lowest BCUT2D eigenvalue weighted by atomic mass is 10.1. The number of piperidine rings is 1. The third-order valence-corrected chi connectivity index (χ3v) is 6.98. The lowest BCUT2D eigenvalue weighted by molar-refractivity contribution is -0.125. The zero-order valence-electron chi connectivity index (χ0n) is 19.5. The highest BCUT2D eigenvalue weighted by atomic mass is 35.5. The van der Waals surface area contributed by atoms with Crippen LogP contribution in [0, 0.1) is 11.7 Å².